The van der Waals surface area contributed by atoms with E-state index in [1.54, 1.807) is 19.2 Å². The van der Waals surface area contributed by atoms with Gasteiger partial charge in [-0.25, -0.2) is 4.39 Å². The van der Waals surface area contributed by atoms with Crippen LogP contribution in [0.25, 0.3) is 0 Å². The smallest absolute Gasteiger partial charge is 0.191 e. The van der Waals surface area contributed by atoms with Gasteiger partial charge in [0, 0.05) is 60.6 Å². The highest BCUT2D eigenvalue weighted by molar-refractivity contribution is 7.86. The SMILES string of the molecule is CN=C(NCCS(=O)C(C)(C)C)NC1CCN(Cc2ccc(OC)c(F)c2)CC1. The molecule has 6 nitrogen and oxygen atoms in total. The van der Waals surface area contributed by atoms with Gasteiger partial charge in [-0.15, -0.1) is 0 Å². The zero-order valence-electron chi connectivity index (χ0n) is 18.3. The van der Waals surface area contributed by atoms with Crippen LogP contribution < -0.4 is 15.4 Å². The number of aliphatic imine (C=N–C) groups is 1. The minimum absolute atomic E-state index is 0.196. The van der Waals surface area contributed by atoms with E-state index < -0.39 is 10.8 Å². The number of guanidine groups is 1. The summed E-state index contributed by atoms with van der Waals surface area (Å²) in [6, 6.07) is 5.50. The second-order valence-electron chi connectivity index (χ2n) is 8.32. The summed E-state index contributed by atoms with van der Waals surface area (Å²) in [6.07, 6.45) is 1.99. The number of hydrogen-bond acceptors (Lipinski definition) is 4. The Morgan fingerprint density at radius 2 is 2.03 bits per heavy atom. The number of ether oxygens (including phenoxy) is 1. The molecule has 0 radical (unpaired) electrons. The van der Waals surface area contributed by atoms with Gasteiger partial charge in [-0.05, 0) is 51.3 Å². The number of nitrogens with one attached hydrogen (secondary N) is 2. The molecule has 1 heterocycles. The van der Waals surface area contributed by atoms with Crippen LogP contribution in [0.5, 0.6) is 5.75 Å². The Morgan fingerprint density at radius 3 is 2.59 bits per heavy atom. The van der Waals surface area contributed by atoms with Crippen molar-refractivity contribution in [2.45, 2.75) is 50.9 Å². The van der Waals surface area contributed by atoms with Crippen LogP contribution in [-0.2, 0) is 17.3 Å². The third-order valence-corrected chi connectivity index (χ3v) is 6.98. The molecule has 0 spiro atoms. The van der Waals surface area contributed by atoms with Crippen molar-refractivity contribution in [1.82, 2.24) is 15.5 Å². The van der Waals surface area contributed by atoms with Crippen molar-refractivity contribution in [2.24, 2.45) is 4.99 Å². The third kappa shape index (κ3) is 7.59. The summed E-state index contributed by atoms with van der Waals surface area (Å²) < 4.78 is 30.8. The van der Waals surface area contributed by atoms with Gasteiger partial charge in [-0.2, -0.15) is 0 Å². The first-order valence-corrected chi connectivity index (χ1v) is 11.4. The number of hydrogen-bond donors (Lipinski definition) is 2. The number of likely N-dealkylation sites (tertiary alicyclic amines) is 1. The lowest BCUT2D eigenvalue weighted by atomic mass is 10.0. The minimum atomic E-state index is -0.877. The molecule has 1 aliphatic heterocycles. The second kappa shape index (κ2) is 10.9. The van der Waals surface area contributed by atoms with Crippen molar-refractivity contribution in [3.8, 4) is 5.75 Å². The van der Waals surface area contributed by atoms with Crippen LogP contribution in [0, 0.1) is 5.82 Å². The Hall–Kier alpha value is -1.67. The van der Waals surface area contributed by atoms with E-state index >= 15 is 0 Å². The van der Waals surface area contributed by atoms with Gasteiger partial charge in [0.1, 0.15) is 0 Å². The molecule has 8 heteroatoms. The molecule has 1 aliphatic rings. The molecule has 1 aromatic carbocycles. The normalized spacial score (nSPS) is 17.8. The van der Waals surface area contributed by atoms with E-state index in [-0.39, 0.29) is 16.3 Å². The molecule has 1 atom stereocenters. The number of benzene rings is 1. The molecule has 1 unspecified atom stereocenters. The average molecular weight is 427 g/mol. The fourth-order valence-electron chi connectivity index (χ4n) is 3.26. The summed E-state index contributed by atoms with van der Waals surface area (Å²) in [4.78, 5) is 6.62. The molecule has 1 fully saturated rings. The van der Waals surface area contributed by atoms with E-state index in [0.717, 1.165) is 44.0 Å². The van der Waals surface area contributed by atoms with Crippen LogP contribution in [-0.4, -0.2) is 65.4 Å². The molecular weight excluding hydrogens is 391 g/mol. The Kier molecular flexibility index (Phi) is 8.89. The highest BCUT2D eigenvalue weighted by Crippen LogP contribution is 2.20. The van der Waals surface area contributed by atoms with Crippen LogP contribution in [0.4, 0.5) is 4.39 Å². The lowest BCUT2D eigenvalue weighted by molar-refractivity contribution is 0.198. The van der Waals surface area contributed by atoms with Crippen molar-refractivity contribution < 1.29 is 13.3 Å². The lowest BCUT2D eigenvalue weighted by Crippen LogP contribution is -2.49. The summed E-state index contributed by atoms with van der Waals surface area (Å²) in [7, 11) is 2.35. The topological polar surface area (TPSA) is 66.0 Å². The number of methoxy groups -OCH3 is 1. The molecule has 0 bridgehead atoms. The maximum atomic E-state index is 13.9. The fourth-order valence-corrected chi connectivity index (χ4v) is 4.16. The van der Waals surface area contributed by atoms with Gasteiger partial charge in [0.05, 0.1) is 7.11 Å². The lowest BCUT2D eigenvalue weighted by Gasteiger charge is -2.33. The minimum Gasteiger partial charge on any atom is -0.494 e. The van der Waals surface area contributed by atoms with E-state index in [2.05, 4.69) is 20.5 Å². The monoisotopic (exact) mass is 426 g/mol. The first-order valence-electron chi connectivity index (χ1n) is 10.1. The Labute approximate surface area is 176 Å². The van der Waals surface area contributed by atoms with E-state index in [0.29, 0.717) is 18.3 Å². The summed E-state index contributed by atoms with van der Waals surface area (Å²) in [5, 5.41) is 6.73. The summed E-state index contributed by atoms with van der Waals surface area (Å²) in [6.45, 7) is 9.22. The quantitative estimate of drug-likeness (QED) is 0.518. The first kappa shape index (κ1) is 23.6. The maximum absolute atomic E-state index is 13.9. The number of rotatable bonds is 7. The van der Waals surface area contributed by atoms with Gasteiger partial charge < -0.3 is 15.4 Å². The van der Waals surface area contributed by atoms with Crippen LogP contribution in [0.1, 0.15) is 39.2 Å². The average Bonchev–Trinajstić information content (AvgIpc) is 2.68. The summed E-state index contributed by atoms with van der Waals surface area (Å²) in [5.74, 6) is 1.32. The Balaban J connectivity index is 1.74. The zero-order valence-corrected chi connectivity index (χ0v) is 19.1. The van der Waals surface area contributed by atoms with Gasteiger partial charge in [-0.1, -0.05) is 6.07 Å². The summed E-state index contributed by atoms with van der Waals surface area (Å²) in [5.41, 5.74) is 0.957. The first-order chi connectivity index (χ1) is 13.7. The van der Waals surface area contributed by atoms with Gasteiger partial charge in [0.25, 0.3) is 0 Å². The molecule has 164 valence electrons. The third-order valence-electron chi connectivity index (χ3n) is 5.04. The Bertz CT molecular complexity index is 713. The van der Waals surface area contributed by atoms with Gasteiger partial charge in [0.2, 0.25) is 0 Å². The fraction of sp³-hybridized carbons (Fsp3) is 0.667. The largest absolute Gasteiger partial charge is 0.494 e. The van der Waals surface area contributed by atoms with Crippen LogP contribution in [0.3, 0.4) is 0 Å². The highest BCUT2D eigenvalue weighted by atomic mass is 32.2. The molecule has 2 rings (SSSR count). The molecule has 2 N–H and O–H groups in total. The van der Waals surface area contributed by atoms with E-state index in [9.17, 15) is 8.60 Å². The zero-order chi connectivity index (χ0) is 21.4. The van der Waals surface area contributed by atoms with Crippen LogP contribution in [0.2, 0.25) is 0 Å². The van der Waals surface area contributed by atoms with Gasteiger partial charge in [0.15, 0.2) is 17.5 Å². The molecule has 1 aromatic rings. The number of halogens is 1. The molecular formula is C21H35FN4O2S. The predicted molar refractivity (Wildman–Crippen MR) is 119 cm³/mol. The molecule has 29 heavy (non-hydrogen) atoms. The van der Waals surface area contributed by atoms with E-state index in [4.69, 9.17) is 4.74 Å². The molecule has 0 aliphatic carbocycles. The van der Waals surface area contributed by atoms with Gasteiger partial charge >= 0.3 is 0 Å². The maximum Gasteiger partial charge on any atom is 0.191 e. The molecule has 1 saturated heterocycles. The van der Waals surface area contributed by atoms with E-state index in [1.165, 1.54) is 7.11 Å². The van der Waals surface area contributed by atoms with Crippen LogP contribution in [0.15, 0.2) is 23.2 Å². The van der Waals surface area contributed by atoms with Crippen molar-refractivity contribution in [2.75, 3.05) is 39.5 Å². The van der Waals surface area contributed by atoms with Gasteiger partial charge in [-0.3, -0.25) is 14.1 Å². The Morgan fingerprint density at radius 1 is 1.34 bits per heavy atom. The molecule has 0 amide bonds. The molecule has 0 aromatic heterocycles. The number of nitrogens with zero attached hydrogens (tertiary/aromatic N) is 2. The van der Waals surface area contributed by atoms with Crippen molar-refractivity contribution in [1.29, 1.82) is 0 Å². The highest BCUT2D eigenvalue weighted by Gasteiger charge is 2.21. The van der Waals surface area contributed by atoms with Crippen LogP contribution >= 0.6 is 0 Å². The molecule has 0 saturated carbocycles. The van der Waals surface area contributed by atoms with Crippen molar-refractivity contribution in [3.05, 3.63) is 29.6 Å². The van der Waals surface area contributed by atoms with Crippen molar-refractivity contribution >= 4 is 16.8 Å². The summed E-state index contributed by atoms with van der Waals surface area (Å²) >= 11 is 0. The standard InChI is InChI=1S/C21H35FN4O2S/c1-21(2,3)29(27)13-10-24-20(23-4)25-17-8-11-26(12-9-17)15-16-6-7-19(28-5)18(22)14-16/h6-7,14,17H,8-13,15H2,1-5H3,(H2,23,24,25). The second-order valence-corrected chi connectivity index (χ2v) is 10.6. The predicted octanol–water partition coefficient (Wildman–Crippen LogP) is 2.51. The number of piperidine rings is 1. The van der Waals surface area contributed by atoms with E-state index in [1.807, 2.05) is 26.8 Å². The van der Waals surface area contributed by atoms with Crippen molar-refractivity contribution in [3.63, 3.8) is 0 Å².